The summed E-state index contributed by atoms with van der Waals surface area (Å²) in [6, 6.07) is 0. The molecule has 0 atom stereocenters. The minimum absolute atomic E-state index is 0.00782. The number of amides is 1. The summed E-state index contributed by atoms with van der Waals surface area (Å²) in [6.07, 6.45) is 2.70. The van der Waals surface area contributed by atoms with Crippen LogP contribution in [0.3, 0.4) is 0 Å². The molecule has 0 saturated heterocycles. The van der Waals surface area contributed by atoms with Crippen LogP contribution in [0.5, 0.6) is 0 Å². The average Bonchev–Trinajstić information content (AvgIpc) is 2.39. The number of carbonyl (C=O) groups excluding carboxylic acids is 1. The van der Waals surface area contributed by atoms with Crippen LogP contribution < -0.4 is 0 Å². The monoisotopic (exact) mass is 211 g/mol. The van der Waals surface area contributed by atoms with Gasteiger partial charge in [-0.3, -0.25) is 4.79 Å². The van der Waals surface area contributed by atoms with Crippen LogP contribution in [0.2, 0.25) is 0 Å². The number of nitrogens with zero attached hydrogens (tertiary/aromatic N) is 1. The highest BCUT2D eigenvalue weighted by atomic mass is 16.3. The minimum atomic E-state index is -0.209. The number of hydrogen-bond acceptors (Lipinski definition) is 2. The van der Waals surface area contributed by atoms with E-state index in [2.05, 4.69) is 6.92 Å². The predicted molar refractivity (Wildman–Crippen MR) is 60.6 cm³/mol. The van der Waals surface area contributed by atoms with E-state index in [0.29, 0.717) is 18.5 Å². The van der Waals surface area contributed by atoms with E-state index < -0.39 is 0 Å². The van der Waals surface area contributed by atoms with Gasteiger partial charge in [-0.25, -0.2) is 0 Å². The number of carbonyl (C=O) groups is 1. The molecule has 0 bridgehead atoms. The number of hydrogen-bond donors (Lipinski definition) is 1. The highest BCUT2D eigenvalue weighted by molar-refractivity contribution is 5.97. The van der Waals surface area contributed by atoms with Crippen molar-refractivity contribution in [3.05, 3.63) is 11.3 Å². The Bertz CT molecular complexity index is 286. The van der Waals surface area contributed by atoms with E-state index in [1.807, 2.05) is 20.8 Å². The molecule has 1 amide bonds. The summed E-state index contributed by atoms with van der Waals surface area (Å²) in [6.45, 7) is 8.42. The molecule has 15 heavy (non-hydrogen) atoms. The maximum atomic E-state index is 12.0. The third-order valence-corrected chi connectivity index (χ3v) is 2.75. The Balaban J connectivity index is 2.75. The van der Waals surface area contributed by atoms with E-state index in [4.69, 9.17) is 0 Å². The van der Waals surface area contributed by atoms with Gasteiger partial charge in [-0.2, -0.15) is 0 Å². The summed E-state index contributed by atoms with van der Waals surface area (Å²) in [4.78, 5) is 13.7. The molecule has 0 aromatic heterocycles. The molecule has 3 nitrogen and oxygen atoms in total. The van der Waals surface area contributed by atoms with Gasteiger partial charge in [-0.05, 0) is 33.6 Å². The lowest BCUT2D eigenvalue weighted by molar-refractivity contribution is -0.129. The third-order valence-electron chi connectivity index (χ3n) is 2.75. The number of rotatable bonds is 3. The lowest BCUT2D eigenvalue weighted by Crippen LogP contribution is -2.43. The van der Waals surface area contributed by atoms with Crippen molar-refractivity contribution >= 4 is 5.91 Å². The van der Waals surface area contributed by atoms with E-state index in [-0.39, 0.29) is 17.2 Å². The molecule has 0 saturated carbocycles. The quantitative estimate of drug-likeness (QED) is 0.779. The molecule has 0 aromatic rings. The number of aliphatic hydroxyl groups excluding tert-OH is 1. The van der Waals surface area contributed by atoms with Crippen molar-refractivity contribution < 1.29 is 9.90 Å². The smallest absolute Gasteiger partial charge is 0.254 e. The van der Waals surface area contributed by atoms with Crippen molar-refractivity contribution in [1.29, 1.82) is 0 Å². The molecule has 1 N–H and O–H groups in total. The van der Waals surface area contributed by atoms with E-state index in [1.54, 1.807) is 4.90 Å². The van der Waals surface area contributed by atoms with Crippen LogP contribution in [-0.2, 0) is 4.79 Å². The van der Waals surface area contributed by atoms with Gasteiger partial charge in [-0.1, -0.05) is 13.3 Å². The molecule has 1 aliphatic rings. The second-order valence-corrected chi connectivity index (χ2v) is 5.09. The Morgan fingerprint density at radius 2 is 2.00 bits per heavy atom. The molecular formula is C12H21NO2. The molecule has 0 aromatic carbocycles. The fraction of sp³-hybridized carbons (Fsp3) is 0.750. The second kappa shape index (κ2) is 4.25. The minimum Gasteiger partial charge on any atom is -0.510 e. The fourth-order valence-corrected chi connectivity index (χ4v) is 1.75. The van der Waals surface area contributed by atoms with Gasteiger partial charge in [0.15, 0.2) is 0 Å². The topological polar surface area (TPSA) is 40.5 Å². The van der Waals surface area contributed by atoms with Crippen LogP contribution in [0.15, 0.2) is 11.3 Å². The van der Waals surface area contributed by atoms with Crippen molar-refractivity contribution in [2.24, 2.45) is 0 Å². The zero-order chi connectivity index (χ0) is 11.6. The van der Waals surface area contributed by atoms with Gasteiger partial charge in [0.05, 0.1) is 12.1 Å². The number of aliphatic hydroxyl groups is 1. The third kappa shape index (κ3) is 2.52. The standard InChI is InChI=1S/C12H21NO2/c1-5-6-7-9-10(14)8-13(11(9)15)12(2,3)4/h14H,5-8H2,1-4H3. The van der Waals surface area contributed by atoms with Crippen LogP contribution >= 0.6 is 0 Å². The summed E-state index contributed by atoms with van der Waals surface area (Å²) < 4.78 is 0. The van der Waals surface area contributed by atoms with Crippen LogP contribution in [0.1, 0.15) is 47.0 Å². The zero-order valence-electron chi connectivity index (χ0n) is 10.1. The molecule has 3 heteroatoms. The molecule has 1 heterocycles. The summed E-state index contributed by atoms with van der Waals surface area (Å²) in [5.41, 5.74) is 0.408. The van der Waals surface area contributed by atoms with Gasteiger partial charge in [-0.15, -0.1) is 0 Å². The Kier molecular flexibility index (Phi) is 3.42. The first-order valence-electron chi connectivity index (χ1n) is 5.61. The maximum absolute atomic E-state index is 12.0. The first-order valence-corrected chi connectivity index (χ1v) is 5.61. The molecular weight excluding hydrogens is 190 g/mol. The summed E-state index contributed by atoms with van der Waals surface area (Å²) in [7, 11) is 0. The van der Waals surface area contributed by atoms with Gasteiger partial charge < -0.3 is 10.0 Å². The van der Waals surface area contributed by atoms with E-state index in [1.165, 1.54) is 0 Å². The van der Waals surface area contributed by atoms with E-state index in [0.717, 1.165) is 12.8 Å². The van der Waals surface area contributed by atoms with E-state index in [9.17, 15) is 9.90 Å². The van der Waals surface area contributed by atoms with Crippen LogP contribution in [0, 0.1) is 0 Å². The molecule has 0 spiro atoms. The van der Waals surface area contributed by atoms with Gasteiger partial charge >= 0.3 is 0 Å². The van der Waals surface area contributed by atoms with Gasteiger partial charge in [0, 0.05) is 5.54 Å². The predicted octanol–water partition coefficient (Wildman–Crippen LogP) is 2.63. The molecule has 1 aliphatic heterocycles. The summed E-state index contributed by atoms with van der Waals surface area (Å²) >= 11 is 0. The van der Waals surface area contributed by atoms with Crippen molar-refractivity contribution in [2.75, 3.05) is 6.54 Å². The molecule has 0 fully saturated rings. The van der Waals surface area contributed by atoms with Crippen LogP contribution in [0.4, 0.5) is 0 Å². The van der Waals surface area contributed by atoms with Gasteiger partial charge in [0.25, 0.3) is 5.91 Å². The average molecular weight is 211 g/mol. The van der Waals surface area contributed by atoms with Crippen molar-refractivity contribution in [1.82, 2.24) is 4.90 Å². The first kappa shape index (κ1) is 12.1. The summed E-state index contributed by atoms with van der Waals surface area (Å²) in [5, 5.41) is 9.74. The number of unbranched alkanes of at least 4 members (excludes halogenated alkanes) is 1. The van der Waals surface area contributed by atoms with Gasteiger partial charge in [0.1, 0.15) is 5.76 Å². The Labute approximate surface area is 91.8 Å². The lowest BCUT2D eigenvalue weighted by atomic mass is 10.1. The van der Waals surface area contributed by atoms with Crippen LogP contribution in [-0.4, -0.2) is 28.0 Å². The highest BCUT2D eigenvalue weighted by Gasteiger charge is 2.36. The molecule has 0 radical (unpaired) electrons. The Hall–Kier alpha value is -0.990. The van der Waals surface area contributed by atoms with Crippen molar-refractivity contribution in [2.45, 2.75) is 52.5 Å². The van der Waals surface area contributed by atoms with Gasteiger partial charge in [0.2, 0.25) is 0 Å². The maximum Gasteiger partial charge on any atom is 0.254 e. The molecule has 0 aliphatic carbocycles. The summed E-state index contributed by atoms with van der Waals surface area (Å²) in [5.74, 6) is 0.275. The van der Waals surface area contributed by atoms with Crippen LogP contribution in [0.25, 0.3) is 0 Å². The van der Waals surface area contributed by atoms with Crippen molar-refractivity contribution in [3.63, 3.8) is 0 Å². The Morgan fingerprint density at radius 3 is 2.40 bits per heavy atom. The molecule has 0 unspecified atom stereocenters. The second-order valence-electron chi connectivity index (χ2n) is 5.09. The van der Waals surface area contributed by atoms with Crippen molar-refractivity contribution in [3.8, 4) is 0 Å². The Morgan fingerprint density at radius 1 is 1.40 bits per heavy atom. The first-order chi connectivity index (χ1) is 6.88. The molecule has 86 valence electrons. The van der Waals surface area contributed by atoms with E-state index >= 15 is 0 Å². The zero-order valence-corrected chi connectivity index (χ0v) is 10.1. The normalized spacial score (nSPS) is 17.9. The SMILES string of the molecule is CCCCC1=C(O)CN(C(C)(C)C)C1=O. The molecule has 1 rings (SSSR count). The lowest BCUT2D eigenvalue weighted by Gasteiger charge is -2.31. The largest absolute Gasteiger partial charge is 0.510 e. The fourth-order valence-electron chi connectivity index (χ4n) is 1.75. The highest BCUT2D eigenvalue weighted by Crippen LogP contribution is 2.27.